The Labute approximate surface area is 341 Å². The number of benzene rings is 1. The van der Waals surface area contributed by atoms with Gasteiger partial charge < -0.3 is 33.9 Å². The molecule has 0 radical (unpaired) electrons. The minimum absolute atomic E-state index is 0.0145. The fraction of sp³-hybridized carbons (Fsp3) is 0.659. The number of ether oxygens (including phenoxy) is 3. The van der Waals surface area contributed by atoms with E-state index in [0.29, 0.717) is 29.9 Å². The number of anilines is 1. The van der Waals surface area contributed by atoms with Crippen molar-refractivity contribution >= 4 is 19.9 Å². The highest BCUT2D eigenvalue weighted by Crippen LogP contribution is 2.38. The Bertz CT molecular complexity index is 1640. The van der Waals surface area contributed by atoms with E-state index in [-0.39, 0.29) is 50.6 Å². The molecular formula is C41H59F4N6O6P. The van der Waals surface area contributed by atoms with Crippen molar-refractivity contribution in [2.24, 2.45) is 0 Å². The Hall–Kier alpha value is -3.47. The lowest BCUT2D eigenvalue weighted by Crippen LogP contribution is -2.25. The van der Waals surface area contributed by atoms with Crippen LogP contribution in [0.5, 0.6) is 0 Å². The maximum absolute atomic E-state index is 14.0. The number of hydrogen-bond donors (Lipinski definition) is 2. The number of alkyl halides is 3. The van der Waals surface area contributed by atoms with Crippen LogP contribution in [-0.4, -0.2) is 64.3 Å². The first-order chi connectivity index (χ1) is 28.1. The number of nitrogen functional groups attached to an aromatic ring is 1. The number of unbranched alkanes of at least 4 members (excludes halogenated alkanes) is 14. The van der Waals surface area contributed by atoms with Gasteiger partial charge in [0.05, 0.1) is 49.9 Å². The van der Waals surface area contributed by atoms with Crippen LogP contribution in [-0.2, 0) is 29.9 Å². The molecule has 1 aliphatic rings. The van der Waals surface area contributed by atoms with Crippen molar-refractivity contribution in [2.45, 2.75) is 147 Å². The summed E-state index contributed by atoms with van der Waals surface area (Å²) in [7, 11) is -2.23. The molecule has 0 bridgehead atoms. The number of nitrogens with two attached hydrogens (primary N) is 1. The van der Waals surface area contributed by atoms with Gasteiger partial charge in [0.15, 0.2) is 5.82 Å². The first kappa shape index (κ1) is 48.9. The first-order valence-electron chi connectivity index (χ1n) is 20.3. The van der Waals surface area contributed by atoms with Crippen LogP contribution in [0, 0.1) is 29.0 Å². The van der Waals surface area contributed by atoms with Gasteiger partial charge >= 0.3 is 14.8 Å². The summed E-state index contributed by atoms with van der Waals surface area (Å²) in [6, 6.07) is 9.76. The molecule has 0 saturated carbocycles. The smallest absolute Gasteiger partial charge is 0.382 e. The molecule has 0 amide bonds. The Morgan fingerprint density at radius 2 is 1.55 bits per heavy atom. The quantitative estimate of drug-likeness (QED) is 0.0387. The molecule has 3 N–H and O–H groups in total. The Morgan fingerprint density at radius 3 is 2.19 bits per heavy atom. The summed E-state index contributed by atoms with van der Waals surface area (Å²) >= 11 is 0. The van der Waals surface area contributed by atoms with Gasteiger partial charge in [-0.1, -0.05) is 83.5 Å². The highest BCUT2D eigenvalue weighted by Gasteiger charge is 2.30. The third-order valence-corrected chi connectivity index (χ3v) is 10.6. The second-order valence-electron chi connectivity index (χ2n) is 14.5. The van der Waals surface area contributed by atoms with E-state index in [0.717, 1.165) is 69.5 Å². The number of nitrogens with zero attached hydrogens (tertiary/aromatic N) is 5. The van der Waals surface area contributed by atoms with Crippen LogP contribution in [0.1, 0.15) is 138 Å². The normalized spacial score (nSPS) is 16.5. The third-order valence-electron chi connectivity index (χ3n) is 9.82. The molecule has 1 fully saturated rings. The van der Waals surface area contributed by atoms with E-state index in [1.54, 1.807) is 10.6 Å². The zero-order valence-corrected chi connectivity index (χ0v) is 34.2. The van der Waals surface area contributed by atoms with E-state index in [2.05, 4.69) is 16.7 Å². The Balaban J connectivity index is 0.00000443. The molecule has 0 aliphatic carbocycles. The van der Waals surface area contributed by atoms with Crippen LogP contribution in [0.2, 0.25) is 0 Å². The topological polar surface area (TPSA) is 170 Å². The van der Waals surface area contributed by atoms with Crippen molar-refractivity contribution in [3.05, 3.63) is 59.3 Å². The number of hydrogen-bond acceptors (Lipinski definition) is 11. The molecule has 4 unspecified atom stereocenters. The van der Waals surface area contributed by atoms with E-state index < -0.39 is 33.1 Å². The second-order valence-corrected chi connectivity index (χ2v) is 15.5. The van der Waals surface area contributed by atoms with Crippen LogP contribution < -0.4 is 5.73 Å². The SMILES string of the molecule is C#N.N#Cc1cc(F)cc(COC(COCCCCCCCCCCCCCCCCCC(F)(F)F)COP(O)OCC2CCC(c3ccc4c(N)ncnn34)O2)c1. The van der Waals surface area contributed by atoms with E-state index in [9.17, 15) is 27.7 Å². The molecule has 4 rings (SSSR count). The fourth-order valence-electron chi connectivity index (χ4n) is 6.79. The molecule has 1 saturated heterocycles. The van der Waals surface area contributed by atoms with Crippen molar-refractivity contribution < 1.29 is 45.7 Å². The van der Waals surface area contributed by atoms with Gasteiger partial charge in [-0.05, 0) is 61.6 Å². The summed E-state index contributed by atoms with van der Waals surface area (Å²) in [6.07, 6.45) is 12.6. The van der Waals surface area contributed by atoms with Crippen molar-refractivity contribution in [3.63, 3.8) is 0 Å². The third kappa shape index (κ3) is 19.5. The summed E-state index contributed by atoms with van der Waals surface area (Å²) in [6.45, 7) is 4.40. The monoisotopic (exact) mass is 838 g/mol. The lowest BCUT2D eigenvalue weighted by atomic mass is 10.0. The van der Waals surface area contributed by atoms with Crippen molar-refractivity contribution in [3.8, 4) is 12.6 Å². The van der Waals surface area contributed by atoms with Gasteiger partial charge in [0.25, 0.3) is 0 Å². The predicted octanol–water partition coefficient (Wildman–Crippen LogP) is 10.3. The molecule has 4 atom stereocenters. The van der Waals surface area contributed by atoms with Gasteiger partial charge in [0, 0.05) is 19.6 Å². The minimum Gasteiger partial charge on any atom is -0.382 e. The maximum atomic E-state index is 14.0. The molecule has 12 nitrogen and oxygen atoms in total. The number of halogens is 4. The molecule has 322 valence electrons. The van der Waals surface area contributed by atoms with Crippen LogP contribution in [0.15, 0.2) is 36.7 Å². The Kier molecular flexibility index (Phi) is 23.7. The summed E-state index contributed by atoms with van der Waals surface area (Å²) < 4.78 is 81.6. The lowest BCUT2D eigenvalue weighted by molar-refractivity contribution is -0.135. The summed E-state index contributed by atoms with van der Waals surface area (Å²) in [5.41, 5.74) is 8.24. The highest BCUT2D eigenvalue weighted by atomic mass is 31.2. The van der Waals surface area contributed by atoms with Crippen LogP contribution in [0.4, 0.5) is 23.4 Å². The van der Waals surface area contributed by atoms with Crippen molar-refractivity contribution in [1.29, 1.82) is 10.5 Å². The number of fused-ring (bicyclic) bond motifs is 1. The molecule has 3 heterocycles. The molecular weight excluding hydrogens is 779 g/mol. The van der Waals surface area contributed by atoms with E-state index in [1.165, 1.54) is 50.9 Å². The van der Waals surface area contributed by atoms with Crippen molar-refractivity contribution in [1.82, 2.24) is 14.6 Å². The van der Waals surface area contributed by atoms with E-state index in [1.807, 2.05) is 18.2 Å². The average Bonchev–Trinajstić information content (AvgIpc) is 3.87. The van der Waals surface area contributed by atoms with Crippen LogP contribution in [0.3, 0.4) is 0 Å². The highest BCUT2D eigenvalue weighted by molar-refractivity contribution is 7.40. The molecule has 0 spiro atoms. The molecule has 58 heavy (non-hydrogen) atoms. The standard InChI is InChI=1S/C40H58F4N5O6P.CHN/c41-33-23-31(25-45)22-32(24-33)26-52-35(27-51-21-15-13-11-9-7-5-3-1-2-4-6-8-10-12-14-20-40(42,43)44)29-54-56(50)53-28-34-16-19-38(55-34)36-17-18-37-39(46)47-30-48-49(36)37;1-2/h17-18,22-24,30,34-35,38,50H,1-16,19-21,26-29H2,(H2,46,47,48);1H. The molecule has 17 heteroatoms. The van der Waals surface area contributed by atoms with Gasteiger partial charge in [0.2, 0.25) is 0 Å². The van der Waals surface area contributed by atoms with Gasteiger partial charge in [0.1, 0.15) is 29.9 Å². The Morgan fingerprint density at radius 1 is 0.914 bits per heavy atom. The summed E-state index contributed by atoms with van der Waals surface area (Å²) in [4.78, 5) is 14.6. The number of nitriles is 2. The summed E-state index contributed by atoms with van der Waals surface area (Å²) in [5.74, 6) is -0.134. The van der Waals surface area contributed by atoms with Crippen molar-refractivity contribution in [2.75, 3.05) is 32.2 Å². The van der Waals surface area contributed by atoms with Gasteiger partial charge in [-0.25, -0.2) is 19.2 Å². The second kappa shape index (κ2) is 28.1. The predicted molar refractivity (Wildman–Crippen MR) is 212 cm³/mol. The van der Waals surface area contributed by atoms with Crippen LogP contribution >= 0.6 is 8.60 Å². The number of aromatic nitrogens is 3. The minimum atomic E-state index is -4.02. The fourth-order valence-corrected chi connectivity index (χ4v) is 7.46. The largest absolute Gasteiger partial charge is 0.389 e. The van der Waals surface area contributed by atoms with Gasteiger partial charge in [-0.3, -0.25) is 0 Å². The lowest BCUT2D eigenvalue weighted by Gasteiger charge is -2.20. The summed E-state index contributed by atoms with van der Waals surface area (Å²) in [5, 5.41) is 20.0. The molecule has 1 aromatic carbocycles. The van der Waals surface area contributed by atoms with Gasteiger partial charge in [-0.2, -0.15) is 23.5 Å². The zero-order chi connectivity index (χ0) is 42.0. The molecule has 2 aromatic heterocycles. The van der Waals surface area contributed by atoms with Gasteiger partial charge in [-0.15, -0.1) is 0 Å². The molecule has 3 aromatic rings. The first-order valence-corrected chi connectivity index (χ1v) is 21.4. The molecule has 1 aliphatic heterocycles. The average molecular weight is 839 g/mol. The maximum Gasteiger partial charge on any atom is 0.389 e. The number of rotatable bonds is 29. The van der Waals surface area contributed by atoms with Crippen LogP contribution in [0.25, 0.3) is 5.52 Å². The van der Waals surface area contributed by atoms with E-state index >= 15 is 0 Å². The zero-order valence-electron chi connectivity index (χ0n) is 33.3. The van der Waals surface area contributed by atoms with E-state index in [4.69, 9.17) is 34.3 Å².